The van der Waals surface area contributed by atoms with E-state index in [1.54, 1.807) is 35.3 Å². The first-order valence-corrected chi connectivity index (χ1v) is 5.29. The molecule has 0 bridgehead atoms. The van der Waals surface area contributed by atoms with Gasteiger partial charge in [-0.15, -0.1) is 0 Å². The minimum atomic E-state index is -0.204. The molecule has 2 heterocycles. The molecule has 0 radical (unpaired) electrons. The second-order valence-electron chi connectivity index (χ2n) is 3.20. The van der Waals surface area contributed by atoms with Crippen molar-refractivity contribution in [2.75, 3.05) is 0 Å². The third-order valence-corrected chi connectivity index (χ3v) is 2.53. The Hall–Kier alpha value is -1.68. The van der Waals surface area contributed by atoms with Crippen LogP contribution in [-0.2, 0) is 6.54 Å². The van der Waals surface area contributed by atoms with Crippen molar-refractivity contribution in [1.29, 1.82) is 0 Å². The van der Waals surface area contributed by atoms with Crippen LogP contribution in [0.15, 0.2) is 30.6 Å². The van der Waals surface area contributed by atoms with Crippen molar-refractivity contribution in [1.82, 2.24) is 14.8 Å². The first-order valence-electron chi connectivity index (χ1n) is 4.91. The van der Waals surface area contributed by atoms with Gasteiger partial charge in [-0.1, -0.05) is 11.6 Å². The van der Waals surface area contributed by atoms with E-state index in [-0.39, 0.29) is 11.5 Å². The first-order chi connectivity index (χ1) is 7.74. The van der Waals surface area contributed by atoms with Gasteiger partial charge in [0.15, 0.2) is 0 Å². The maximum atomic E-state index is 12.1. The molecule has 2 rings (SSSR count). The number of carbonyl (C=O) groups excluding carboxylic acids is 1. The van der Waals surface area contributed by atoms with Crippen molar-refractivity contribution < 1.29 is 4.79 Å². The van der Waals surface area contributed by atoms with E-state index in [0.29, 0.717) is 17.3 Å². The van der Waals surface area contributed by atoms with Crippen LogP contribution in [0.3, 0.4) is 0 Å². The third kappa shape index (κ3) is 1.84. The number of carbonyl (C=O) groups is 1. The molecule has 4 nitrogen and oxygen atoms in total. The summed E-state index contributed by atoms with van der Waals surface area (Å²) in [5.74, 6) is -0.204. The average Bonchev–Trinajstić information content (AvgIpc) is 2.77. The fraction of sp³-hybridized carbons (Fsp3) is 0.182. The van der Waals surface area contributed by atoms with Crippen LogP contribution in [0.1, 0.15) is 23.1 Å². The minimum Gasteiger partial charge on any atom is -0.285 e. The number of aromatic nitrogens is 3. The van der Waals surface area contributed by atoms with Gasteiger partial charge in [-0.05, 0) is 25.1 Å². The smallest absolute Gasteiger partial charge is 0.230 e. The van der Waals surface area contributed by atoms with Crippen molar-refractivity contribution in [2.45, 2.75) is 13.5 Å². The molecule has 0 aliphatic carbocycles. The predicted octanol–water partition coefficient (Wildman–Crippen LogP) is 2.18. The number of hydrogen-bond donors (Lipinski definition) is 0. The van der Waals surface area contributed by atoms with Crippen molar-refractivity contribution in [3.63, 3.8) is 0 Å². The van der Waals surface area contributed by atoms with E-state index < -0.39 is 0 Å². The van der Waals surface area contributed by atoms with Gasteiger partial charge in [0.25, 0.3) is 0 Å². The molecule has 0 fully saturated rings. The normalized spacial score (nSPS) is 10.4. The summed E-state index contributed by atoms with van der Waals surface area (Å²) in [6.07, 6.45) is 3.14. The largest absolute Gasteiger partial charge is 0.285 e. The standard InChI is InChI=1S/C11H10ClN3O/c1-2-15-9(5-7-14-15)11(16)10-8(12)4-3-6-13-10/h3-7H,2H2,1H3. The Kier molecular flexibility index (Phi) is 3.01. The van der Waals surface area contributed by atoms with Crippen molar-refractivity contribution in [3.05, 3.63) is 47.0 Å². The molecule has 0 aliphatic heterocycles. The Bertz CT molecular complexity index is 521. The van der Waals surface area contributed by atoms with Gasteiger partial charge in [-0.3, -0.25) is 14.5 Å². The average molecular weight is 236 g/mol. The summed E-state index contributed by atoms with van der Waals surface area (Å²) in [4.78, 5) is 16.1. The lowest BCUT2D eigenvalue weighted by atomic mass is 10.2. The summed E-state index contributed by atoms with van der Waals surface area (Å²) >= 11 is 5.92. The molecule has 2 aromatic rings. The van der Waals surface area contributed by atoms with Crippen LogP contribution in [0.5, 0.6) is 0 Å². The van der Waals surface area contributed by atoms with Gasteiger partial charge >= 0.3 is 0 Å². The molecule has 0 unspecified atom stereocenters. The number of pyridine rings is 1. The molecule has 82 valence electrons. The van der Waals surface area contributed by atoms with Crippen LogP contribution < -0.4 is 0 Å². The van der Waals surface area contributed by atoms with E-state index in [1.165, 1.54) is 0 Å². The van der Waals surface area contributed by atoms with Crippen molar-refractivity contribution in [3.8, 4) is 0 Å². The molecule has 5 heteroatoms. The van der Waals surface area contributed by atoms with E-state index >= 15 is 0 Å². The highest BCUT2D eigenvalue weighted by atomic mass is 35.5. The number of rotatable bonds is 3. The fourth-order valence-electron chi connectivity index (χ4n) is 1.45. The summed E-state index contributed by atoms with van der Waals surface area (Å²) in [5, 5.41) is 4.39. The number of halogens is 1. The molecule has 0 atom stereocenters. The van der Waals surface area contributed by atoms with E-state index in [9.17, 15) is 4.79 Å². The first kappa shape index (κ1) is 10.8. The van der Waals surface area contributed by atoms with Crippen LogP contribution in [0.25, 0.3) is 0 Å². The number of ketones is 1. The van der Waals surface area contributed by atoms with E-state index in [2.05, 4.69) is 10.1 Å². The number of aryl methyl sites for hydroxylation is 1. The highest BCUT2D eigenvalue weighted by molar-refractivity contribution is 6.34. The van der Waals surface area contributed by atoms with Gasteiger partial charge in [0.1, 0.15) is 11.4 Å². The SMILES string of the molecule is CCn1nccc1C(=O)c1ncccc1Cl. The second-order valence-corrected chi connectivity index (χ2v) is 3.60. The summed E-state index contributed by atoms with van der Waals surface area (Å²) < 4.78 is 1.62. The third-order valence-electron chi connectivity index (χ3n) is 2.22. The van der Waals surface area contributed by atoms with Crippen LogP contribution in [0.2, 0.25) is 5.02 Å². The Balaban J connectivity index is 2.44. The Morgan fingerprint density at radius 3 is 2.94 bits per heavy atom. The highest BCUT2D eigenvalue weighted by Gasteiger charge is 2.17. The molecule has 0 N–H and O–H groups in total. The van der Waals surface area contributed by atoms with Gasteiger partial charge in [0.05, 0.1) is 5.02 Å². The lowest BCUT2D eigenvalue weighted by Crippen LogP contribution is -2.12. The fourth-order valence-corrected chi connectivity index (χ4v) is 1.66. The van der Waals surface area contributed by atoms with Crippen LogP contribution >= 0.6 is 11.6 Å². The van der Waals surface area contributed by atoms with E-state index in [0.717, 1.165) is 0 Å². The maximum absolute atomic E-state index is 12.1. The molecule has 0 aliphatic rings. The number of nitrogens with zero attached hydrogens (tertiary/aromatic N) is 3. The van der Waals surface area contributed by atoms with Crippen LogP contribution in [-0.4, -0.2) is 20.5 Å². The summed E-state index contributed by atoms with van der Waals surface area (Å²) in [7, 11) is 0. The molecule has 16 heavy (non-hydrogen) atoms. The molecule has 0 saturated carbocycles. The molecule has 2 aromatic heterocycles. The summed E-state index contributed by atoms with van der Waals surface area (Å²) in [6.45, 7) is 2.56. The van der Waals surface area contributed by atoms with E-state index in [1.807, 2.05) is 6.92 Å². The number of hydrogen-bond acceptors (Lipinski definition) is 3. The van der Waals surface area contributed by atoms with Gasteiger partial charge in [0, 0.05) is 18.9 Å². The zero-order valence-corrected chi connectivity index (χ0v) is 9.48. The van der Waals surface area contributed by atoms with Gasteiger partial charge in [-0.25, -0.2) is 0 Å². The van der Waals surface area contributed by atoms with E-state index in [4.69, 9.17) is 11.6 Å². The zero-order chi connectivity index (χ0) is 11.5. The minimum absolute atomic E-state index is 0.204. The van der Waals surface area contributed by atoms with Crippen LogP contribution in [0.4, 0.5) is 0 Å². The molecular weight excluding hydrogens is 226 g/mol. The lowest BCUT2D eigenvalue weighted by Gasteiger charge is -2.04. The second kappa shape index (κ2) is 4.45. The van der Waals surface area contributed by atoms with Gasteiger partial charge < -0.3 is 0 Å². The van der Waals surface area contributed by atoms with Crippen molar-refractivity contribution >= 4 is 17.4 Å². The highest BCUT2D eigenvalue weighted by Crippen LogP contribution is 2.16. The Morgan fingerprint density at radius 2 is 2.25 bits per heavy atom. The zero-order valence-electron chi connectivity index (χ0n) is 8.72. The topological polar surface area (TPSA) is 47.8 Å². The molecular formula is C11H10ClN3O. The molecule has 0 amide bonds. The summed E-state index contributed by atoms with van der Waals surface area (Å²) in [5.41, 5.74) is 0.766. The molecule has 0 spiro atoms. The van der Waals surface area contributed by atoms with Gasteiger partial charge in [0.2, 0.25) is 5.78 Å². The monoisotopic (exact) mass is 235 g/mol. The van der Waals surface area contributed by atoms with Crippen molar-refractivity contribution in [2.24, 2.45) is 0 Å². The van der Waals surface area contributed by atoms with Gasteiger partial charge in [-0.2, -0.15) is 5.10 Å². The van der Waals surface area contributed by atoms with Crippen LogP contribution in [0, 0.1) is 0 Å². The quantitative estimate of drug-likeness (QED) is 0.767. The predicted molar refractivity (Wildman–Crippen MR) is 60.6 cm³/mol. The lowest BCUT2D eigenvalue weighted by molar-refractivity contribution is 0.102. The maximum Gasteiger partial charge on any atom is 0.230 e. The summed E-state index contributed by atoms with van der Waals surface area (Å²) in [6, 6.07) is 5.00. The Morgan fingerprint density at radius 1 is 1.44 bits per heavy atom. The molecule has 0 saturated heterocycles. The Labute approximate surface area is 97.9 Å². The molecule has 0 aromatic carbocycles.